The fourth-order valence-corrected chi connectivity index (χ4v) is 2.78. The highest BCUT2D eigenvalue weighted by Gasteiger charge is 2.15. The minimum Gasteiger partial charge on any atom is -0.310 e. The molecule has 114 valence electrons. The lowest BCUT2D eigenvalue weighted by Gasteiger charge is -2.20. The molecule has 0 saturated carbocycles. The van der Waals surface area contributed by atoms with Crippen LogP contribution in [0.1, 0.15) is 49.7 Å². The molecule has 2 rings (SSSR count). The van der Waals surface area contributed by atoms with Crippen LogP contribution >= 0.6 is 11.6 Å². The topological polar surface area (TPSA) is 29.9 Å². The number of nitrogens with zero attached hydrogens (tertiary/aromatic N) is 2. The molecule has 0 aliphatic rings. The largest absolute Gasteiger partial charge is 0.310 e. The van der Waals surface area contributed by atoms with Crippen LogP contribution in [-0.2, 0) is 6.42 Å². The van der Waals surface area contributed by atoms with Crippen LogP contribution in [0.2, 0.25) is 5.02 Å². The fourth-order valence-electron chi connectivity index (χ4n) is 2.55. The lowest BCUT2D eigenvalue weighted by atomic mass is 9.97. The second-order valence-electron chi connectivity index (χ2n) is 5.70. The van der Waals surface area contributed by atoms with Crippen LogP contribution in [0.4, 0.5) is 0 Å². The van der Waals surface area contributed by atoms with Gasteiger partial charge in [0.25, 0.3) is 0 Å². The van der Waals surface area contributed by atoms with Gasteiger partial charge in [0.2, 0.25) is 0 Å². The minimum atomic E-state index is 0.266. The molecule has 1 aromatic heterocycles. The molecule has 0 spiro atoms. The first-order chi connectivity index (χ1) is 10.0. The number of hydrogen-bond acceptors (Lipinski definition) is 2. The van der Waals surface area contributed by atoms with Crippen molar-refractivity contribution >= 4 is 11.6 Å². The van der Waals surface area contributed by atoms with Gasteiger partial charge in [-0.25, -0.2) is 0 Å². The molecule has 1 heterocycles. The predicted molar refractivity (Wildman–Crippen MR) is 88.9 cm³/mol. The SMILES string of the molecule is CCNC(Cc1ccn(C(C)C)n1)c1ccc(Cl)cc1C. The molecule has 0 aliphatic heterocycles. The first-order valence-electron chi connectivity index (χ1n) is 7.54. The van der Waals surface area contributed by atoms with E-state index in [1.165, 1.54) is 11.1 Å². The summed E-state index contributed by atoms with van der Waals surface area (Å²) in [7, 11) is 0. The summed E-state index contributed by atoms with van der Waals surface area (Å²) in [6.45, 7) is 9.45. The number of benzene rings is 1. The van der Waals surface area contributed by atoms with Crippen LogP contribution in [0, 0.1) is 6.92 Å². The average Bonchev–Trinajstić information content (AvgIpc) is 2.87. The lowest BCUT2D eigenvalue weighted by Crippen LogP contribution is -2.24. The lowest BCUT2D eigenvalue weighted by molar-refractivity contribution is 0.506. The van der Waals surface area contributed by atoms with Gasteiger partial charge in [0.1, 0.15) is 0 Å². The Morgan fingerprint density at radius 2 is 2.05 bits per heavy atom. The highest BCUT2D eigenvalue weighted by atomic mass is 35.5. The van der Waals surface area contributed by atoms with E-state index in [2.05, 4.69) is 56.4 Å². The van der Waals surface area contributed by atoms with E-state index in [0.29, 0.717) is 6.04 Å². The Balaban J connectivity index is 2.21. The molecule has 1 aromatic carbocycles. The molecule has 21 heavy (non-hydrogen) atoms. The molecule has 1 N–H and O–H groups in total. The van der Waals surface area contributed by atoms with E-state index in [9.17, 15) is 0 Å². The van der Waals surface area contributed by atoms with Gasteiger partial charge in [-0.3, -0.25) is 4.68 Å². The highest BCUT2D eigenvalue weighted by molar-refractivity contribution is 6.30. The molecule has 0 bridgehead atoms. The molecule has 0 fully saturated rings. The summed E-state index contributed by atoms with van der Waals surface area (Å²) in [5.74, 6) is 0. The zero-order valence-corrected chi connectivity index (χ0v) is 14.0. The summed E-state index contributed by atoms with van der Waals surface area (Å²) in [5, 5.41) is 9.00. The summed E-state index contributed by atoms with van der Waals surface area (Å²) in [6.07, 6.45) is 2.94. The van der Waals surface area contributed by atoms with Crippen LogP contribution < -0.4 is 5.32 Å². The number of halogens is 1. The van der Waals surface area contributed by atoms with E-state index in [-0.39, 0.29) is 6.04 Å². The third kappa shape index (κ3) is 4.08. The molecule has 4 heteroatoms. The maximum Gasteiger partial charge on any atom is 0.0643 e. The molecular weight excluding hydrogens is 282 g/mol. The summed E-state index contributed by atoms with van der Waals surface area (Å²) in [4.78, 5) is 0. The second kappa shape index (κ2) is 7.10. The van der Waals surface area contributed by atoms with Crippen LogP contribution in [0.3, 0.4) is 0 Å². The number of hydrogen-bond donors (Lipinski definition) is 1. The zero-order chi connectivity index (χ0) is 15.4. The Bertz CT molecular complexity index is 589. The Morgan fingerprint density at radius 3 is 2.62 bits per heavy atom. The van der Waals surface area contributed by atoms with E-state index in [1.54, 1.807) is 0 Å². The minimum absolute atomic E-state index is 0.266. The van der Waals surface area contributed by atoms with E-state index in [0.717, 1.165) is 23.7 Å². The third-order valence-electron chi connectivity index (χ3n) is 3.66. The first kappa shape index (κ1) is 16.1. The number of rotatable bonds is 6. The Kier molecular flexibility index (Phi) is 5.43. The number of aryl methyl sites for hydroxylation is 1. The van der Waals surface area contributed by atoms with E-state index >= 15 is 0 Å². The first-order valence-corrected chi connectivity index (χ1v) is 7.92. The average molecular weight is 306 g/mol. The maximum atomic E-state index is 6.06. The Morgan fingerprint density at radius 1 is 1.29 bits per heavy atom. The quantitative estimate of drug-likeness (QED) is 0.861. The molecular formula is C17H24ClN3. The number of likely N-dealkylation sites (N-methyl/N-ethyl adjacent to an activating group) is 1. The van der Waals surface area contributed by atoms with Gasteiger partial charge < -0.3 is 5.32 Å². The molecule has 1 atom stereocenters. The molecule has 0 saturated heterocycles. The van der Waals surface area contributed by atoms with Crippen molar-refractivity contribution in [1.29, 1.82) is 0 Å². The second-order valence-corrected chi connectivity index (χ2v) is 6.13. The van der Waals surface area contributed by atoms with Crippen LogP contribution in [0.25, 0.3) is 0 Å². The van der Waals surface area contributed by atoms with Crippen molar-refractivity contribution in [3.63, 3.8) is 0 Å². The van der Waals surface area contributed by atoms with Crippen molar-refractivity contribution in [3.05, 3.63) is 52.3 Å². The molecule has 2 aromatic rings. The van der Waals surface area contributed by atoms with Gasteiger partial charge >= 0.3 is 0 Å². The highest BCUT2D eigenvalue weighted by Crippen LogP contribution is 2.24. The Labute approximate surface area is 132 Å². The van der Waals surface area contributed by atoms with Crippen molar-refractivity contribution in [2.45, 2.75) is 46.2 Å². The molecule has 0 aliphatic carbocycles. The normalized spacial score (nSPS) is 12.9. The van der Waals surface area contributed by atoms with Gasteiger partial charge in [-0.2, -0.15) is 5.10 Å². The standard InChI is InChI=1S/C17H24ClN3/c1-5-19-17(16-7-6-14(18)10-13(16)4)11-15-8-9-21(20-15)12(2)3/h6-10,12,17,19H,5,11H2,1-4H3. The van der Waals surface area contributed by atoms with Crippen molar-refractivity contribution in [1.82, 2.24) is 15.1 Å². The maximum absolute atomic E-state index is 6.06. The predicted octanol–water partition coefficient (Wildman–Crippen LogP) is 4.32. The molecule has 3 nitrogen and oxygen atoms in total. The summed E-state index contributed by atoms with van der Waals surface area (Å²) in [6, 6.07) is 8.87. The Hall–Kier alpha value is -1.32. The monoisotopic (exact) mass is 305 g/mol. The van der Waals surface area contributed by atoms with Gasteiger partial charge in [0.05, 0.1) is 5.69 Å². The van der Waals surface area contributed by atoms with Gasteiger partial charge in [-0.1, -0.05) is 24.6 Å². The number of nitrogens with one attached hydrogen (secondary N) is 1. The third-order valence-corrected chi connectivity index (χ3v) is 3.90. The van der Waals surface area contributed by atoms with Crippen LogP contribution in [-0.4, -0.2) is 16.3 Å². The van der Waals surface area contributed by atoms with Gasteiger partial charge in [0, 0.05) is 29.7 Å². The van der Waals surface area contributed by atoms with Crippen molar-refractivity contribution in [3.8, 4) is 0 Å². The van der Waals surface area contributed by atoms with Crippen molar-refractivity contribution in [2.75, 3.05) is 6.54 Å². The fraction of sp³-hybridized carbons (Fsp3) is 0.471. The van der Waals surface area contributed by atoms with Crippen molar-refractivity contribution in [2.24, 2.45) is 0 Å². The molecule has 1 unspecified atom stereocenters. The van der Waals surface area contributed by atoms with Crippen LogP contribution in [0.15, 0.2) is 30.5 Å². The molecule has 0 amide bonds. The van der Waals surface area contributed by atoms with E-state index in [4.69, 9.17) is 11.6 Å². The van der Waals surface area contributed by atoms with Crippen LogP contribution in [0.5, 0.6) is 0 Å². The summed E-state index contributed by atoms with van der Waals surface area (Å²) in [5.41, 5.74) is 3.63. The summed E-state index contributed by atoms with van der Waals surface area (Å²) < 4.78 is 2.01. The van der Waals surface area contributed by atoms with Gasteiger partial charge in [-0.05, 0) is 56.6 Å². The zero-order valence-electron chi connectivity index (χ0n) is 13.2. The van der Waals surface area contributed by atoms with Crippen molar-refractivity contribution < 1.29 is 0 Å². The van der Waals surface area contributed by atoms with E-state index in [1.807, 2.05) is 16.8 Å². The van der Waals surface area contributed by atoms with Gasteiger partial charge in [0.15, 0.2) is 0 Å². The summed E-state index contributed by atoms with van der Waals surface area (Å²) >= 11 is 6.06. The van der Waals surface area contributed by atoms with E-state index < -0.39 is 0 Å². The smallest absolute Gasteiger partial charge is 0.0643 e. The number of aromatic nitrogens is 2. The molecule has 0 radical (unpaired) electrons. The van der Waals surface area contributed by atoms with Gasteiger partial charge in [-0.15, -0.1) is 0 Å².